The Morgan fingerprint density at radius 3 is 2.65 bits per heavy atom. The standard InChI is InChI=1S/C23H26F3N7O/c1-13(23(24,25)26)4-7-18-20-21(29-15(3)14(2)28-20)31-22(30-18)32-8-9-34-19(12-32)16-10-27-33(11-16)17-5-6-17/h10-11,17,19H,1,4-9,12H2,2-3H3. The molecule has 1 atom stereocenters. The van der Waals surface area contributed by atoms with Gasteiger partial charge in [0.1, 0.15) is 11.6 Å². The highest BCUT2D eigenvalue weighted by molar-refractivity contribution is 5.74. The number of halogens is 3. The number of aryl methyl sites for hydroxylation is 3. The average molecular weight is 474 g/mol. The molecule has 1 aliphatic heterocycles. The summed E-state index contributed by atoms with van der Waals surface area (Å²) in [5.41, 5.74) is 2.85. The van der Waals surface area contributed by atoms with E-state index in [4.69, 9.17) is 4.74 Å². The van der Waals surface area contributed by atoms with Gasteiger partial charge in [-0.25, -0.2) is 15.0 Å². The van der Waals surface area contributed by atoms with Gasteiger partial charge < -0.3 is 9.64 Å². The quantitative estimate of drug-likeness (QED) is 0.497. The molecule has 3 aromatic rings. The largest absolute Gasteiger partial charge is 0.412 e. The number of hydrogen-bond donors (Lipinski definition) is 0. The number of hydrogen-bond acceptors (Lipinski definition) is 7. The molecule has 5 rings (SSSR count). The molecule has 0 N–H and O–H groups in total. The summed E-state index contributed by atoms with van der Waals surface area (Å²) >= 11 is 0. The SMILES string of the molecule is C=C(CCc1nc(N2CCOC(c3cnn(C4CC4)c3)C2)nc2nc(C)c(C)nc12)C(F)(F)F. The number of anilines is 1. The van der Waals surface area contributed by atoms with Crippen molar-refractivity contribution in [1.82, 2.24) is 29.7 Å². The molecular formula is C23H26F3N7O. The van der Waals surface area contributed by atoms with E-state index in [1.54, 1.807) is 0 Å². The zero-order valence-electron chi connectivity index (χ0n) is 19.1. The van der Waals surface area contributed by atoms with Crippen LogP contribution in [-0.2, 0) is 11.2 Å². The van der Waals surface area contributed by atoms with Crippen LogP contribution in [0.25, 0.3) is 11.2 Å². The van der Waals surface area contributed by atoms with Gasteiger partial charge in [-0.2, -0.15) is 23.3 Å². The lowest BCUT2D eigenvalue weighted by atomic mass is 10.1. The zero-order valence-corrected chi connectivity index (χ0v) is 19.1. The fourth-order valence-electron chi connectivity index (χ4n) is 3.97. The van der Waals surface area contributed by atoms with Crippen LogP contribution in [-0.4, -0.2) is 55.6 Å². The van der Waals surface area contributed by atoms with Crippen molar-refractivity contribution in [1.29, 1.82) is 0 Å². The van der Waals surface area contributed by atoms with Crippen LogP contribution in [0, 0.1) is 13.8 Å². The topological polar surface area (TPSA) is 81.9 Å². The Balaban J connectivity index is 1.44. The van der Waals surface area contributed by atoms with Crippen LogP contribution in [0.15, 0.2) is 24.5 Å². The van der Waals surface area contributed by atoms with Gasteiger partial charge in [-0.15, -0.1) is 0 Å². The van der Waals surface area contributed by atoms with E-state index in [-0.39, 0.29) is 18.9 Å². The molecule has 1 unspecified atom stereocenters. The van der Waals surface area contributed by atoms with E-state index in [1.807, 2.05) is 35.8 Å². The Morgan fingerprint density at radius 1 is 1.15 bits per heavy atom. The first-order chi connectivity index (χ1) is 16.2. The molecule has 2 fully saturated rings. The Hall–Kier alpha value is -3.08. The number of ether oxygens (including phenoxy) is 1. The van der Waals surface area contributed by atoms with Crippen LogP contribution in [0.4, 0.5) is 19.1 Å². The van der Waals surface area contributed by atoms with Crippen molar-refractivity contribution in [3.63, 3.8) is 0 Å². The molecule has 34 heavy (non-hydrogen) atoms. The Labute approximate surface area is 194 Å². The summed E-state index contributed by atoms with van der Waals surface area (Å²) in [7, 11) is 0. The Morgan fingerprint density at radius 2 is 1.91 bits per heavy atom. The minimum Gasteiger partial charge on any atom is -0.370 e. The molecule has 180 valence electrons. The van der Waals surface area contributed by atoms with Crippen molar-refractivity contribution in [2.45, 2.75) is 57.9 Å². The first kappa shape index (κ1) is 22.7. The number of nitrogens with zero attached hydrogens (tertiary/aromatic N) is 7. The van der Waals surface area contributed by atoms with Gasteiger partial charge in [0.05, 0.1) is 42.5 Å². The number of aromatic nitrogens is 6. The zero-order chi connectivity index (χ0) is 24.0. The monoisotopic (exact) mass is 473 g/mol. The van der Waals surface area contributed by atoms with Crippen LogP contribution in [0.1, 0.15) is 54.1 Å². The normalized spacial score (nSPS) is 19.1. The molecule has 1 saturated heterocycles. The molecule has 0 amide bonds. The molecule has 4 heterocycles. The summed E-state index contributed by atoms with van der Waals surface area (Å²) in [6.07, 6.45) is 1.30. The lowest BCUT2D eigenvalue weighted by Gasteiger charge is -2.32. The van der Waals surface area contributed by atoms with Crippen molar-refractivity contribution in [3.05, 3.63) is 47.2 Å². The molecule has 0 radical (unpaired) electrons. The third-order valence-electron chi connectivity index (χ3n) is 6.33. The summed E-state index contributed by atoms with van der Waals surface area (Å²) in [6, 6.07) is 0.483. The van der Waals surface area contributed by atoms with Crippen LogP contribution in [0.3, 0.4) is 0 Å². The van der Waals surface area contributed by atoms with E-state index in [9.17, 15) is 13.2 Å². The number of fused-ring (bicyclic) bond motifs is 1. The molecule has 11 heteroatoms. The van der Waals surface area contributed by atoms with Crippen molar-refractivity contribution in [2.24, 2.45) is 0 Å². The molecule has 3 aromatic heterocycles. The lowest BCUT2D eigenvalue weighted by Crippen LogP contribution is -2.39. The van der Waals surface area contributed by atoms with Gasteiger partial charge >= 0.3 is 6.18 Å². The predicted molar refractivity (Wildman–Crippen MR) is 120 cm³/mol. The highest BCUT2D eigenvalue weighted by Gasteiger charge is 2.32. The highest BCUT2D eigenvalue weighted by atomic mass is 19.4. The first-order valence-corrected chi connectivity index (χ1v) is 11.4. The van der Waals surface area contributed by atoms with E-state index in [0.717, 1.165) is 24.1 Å². The molecule has 0 bridgehead atoms. The molecule has 0 aromatic carbocycles. The lowest BCUT2D eigenvalue weighted by molar-refractivity contribution is -0.0935. The maximum atomic E-state index is 13.0. The van der Waals surface area contributed by atoms with E-state index < -0.39 is 11.7 Å². The molecular weight excluding hydrogens is 447 g/mol. The second-order valence-corrected chi connectivity index (χ2v) is 8.93. The second-order valence-electron chi connectivity index (χ2n) is 8.93. The maximum absolute atomic E-state index is 13.0. The molecule has 1 aliphatic carbocycles. The van der Waals surface area contributed by atoms with Crippen molar-refractivity contribution in [3.8, 4) is 0 Å². The van der Waals surface area contributed by atoms with E-state index in [2.05, 4.69) is 31.6 Å². The summed E-state index contributed by atoms with van der Waals surface area (Å²) in [6.45, 7) is 8.37. The van der Waals surface area contributed by atoms with Crippen LogP contribution in [0.2, 0.25) is 0 Å². The first-order valence-electron chi connectivity index (χ1n) is 11.4. The summed E-state index contributed by atoms with van der Waals surface area (Å²) in [5.74, 6) is 0.417. The van der Waals surface area contributed by atoms with Gasteiger partial charge in [-0.1, -0.05) is 6.58 Å². The summed E-state index contributed by atoms with van der Waals surface area (Å²) < 4.78 is 47.0. The minimum absolute atomic E-state index is 0.0451. The maximum Gasteiger partial charge on any atom is 0.412 e. The van der Waals surface area contributed by atoms with Crippen LogP contribution < -0.4 is 4.90 Å². The number of allylic oxidation sites excluding steroid dienone is 1. The second kappa shape index (κ2) is 8.61. The van der Waals surface area contributed by atoms with Gasteiger partial charge in [0.15, 0.2) is 5.65 Å². The van der Waals surface area contributed by atoms with Crippen molar-refractivity contribution >= 4 is 17.1 Å². The fourth-order valence-corrected chi connectivity index (χ4v) is 3.97. The Bertz CT molecular complexity index is 1240. The number of alkyl halides is 3. The van der Waals surface area contributed by atoms with Crippen molar-refractivity contribution in [2.75, 3.05) is 24.6 Å². The van der Waals surface area contributed by atoms with E-state index in [1.165, 1.54) is 0 Å². The third-order valence-corrected chi connectivity index (χ3v) is 6.33. The predicted octanol–water partition coefficient (Wildman–Crippen LogP) is 4.20. The average Bonchev–Trinajstić information content (AvgIpc) is 3.54. The smallest absolute Gasteiger partial charge is 0.370 e. The van der Waals surface area contributed by atoms with Crippen molar-refractivity contribution < 1.29 is 17.9 Å². The van der Waals surface area contributed by atoms with Gasteiger partial charge in [-0.05, 0) is 39.5 Å². The van der Waals surface area contributed by atoms with Crippen LogP contribution in [0.5, 0.6) is 0 Å². The number of morpholine rings is 1. The molecule has 0 spiro atoms. The van der Waals surface area contributed by atoms with Gasteiger partial charge in [-0.3, -0.25) is 4.68 Å². The Kier molecular flexibility index (Phi) is 5.75. The molecule has 1 saturated carbocycles. The molecule has 2 aliphatic rings. The van der Waals surface area contributed by atoms with Gasteiger partial charge in [0.25, 0.3) is 0 Å². The number of rotatable bonds is 6. The van der Waals surface area contributed by atoms with E-state index >= 15 is 0 Å². The fraction of sp³-hybridized carbons (Fsp3) is 0.522. The van der Waals surface area contributed by atoms with Gasteiger partial charge in [0.2, 0.25) is 5.95 Å². The summed E-state index contributed by atoms with van der Waals surface area (Å²) in [4.78, 5) is 20.3. The van der Waals surface area contributed by atoms with E-state index in [0.29, 0.717) is 54.2 Å². The summed E-state index contributed by atoms with van der Waals surface area (Å²) in [5, 5.41) is 4.45. The van der Waals surface area contributed by atoms with Crippen LogP contribution >= 0.6 is 0 Å². The third kappa shape index (κ3) is 4.61. The molecule has 8 nitrogen and oxygen atoms in total. The minimum atomic E-state index is -4.44. The van der Waals surface area contributed by atoms with Gasteiger partial charge in [0, 0.05) is 23.9 Å². The highest BCUT2D eigenvalue weighted by Crippen LogP contribution is 2.35.